The van der Waals surface area contributed by atoms with Crippen molar-refractivity contribution in [2.45, 2.75) is 0 Å². The number of rotatable bonds is 6. The predicted octanol–water partition coefficient (Wildman–Crippen LogP) is 6.10. The molecule has 0 saturated heterocycles. The van der Waals surface area contributed by atoms with E-state index in [0.29, 0.717) is 0 Å². The average Bonchev–Trinajstić information content (AvgIpc) is 2.88. The van der Waals surface area contributed by atoms with Gasteiger partial charge in [-0.1, -0.05) is 84.9 Å². The van der Waals surface area contributed by atoms with E-state index in [1.54, 1.807) is 0 Å². The van der Waals surface area contributed by atoms with Gasteiger partial charge >= 0.3 is 0 Å². The van der Waals surface area contributed by atoms with Crippen LogP contribution in [-0.2, 0) is 0 Å². The van der Waals surface area contributed by atoms with E-state index in [9.17, 15) is 0 Å². The van der Waals surface area contributed by atoms with Crippen molar-refractivity contribution in [1.82, 2.24) is 0 Å². The first-order chi connectivity index (χ1) is 15.9. The smallest absolute Gasteiger partial charge is 0.170 e. The maximum Gasteiger partial charge on any atom is 0.170 e. The lowest BCUT2D eigenvalue weighted by atomic mass is 10.3. The van der Waals surface area contributed by atoms with Crippen LogP contribution in [0.3, 0.4) is 0 Å². The number of para-hydroxylation sites is 2. The molecule has 0 aliphatic carbocycles. The third-order valence-corrected chi connectivity index (χ3v) is 9.94. The molecule has 0 amide bonds. The van der Waals surface area contributed by atoms with Crippen molar-refractivity contribution in [1.29, 1.82) is 0 Å². The molecule has 0 spiro atoms. The van der Waals surface area contributed by atoms with E-state index in [4.69, 9.17) is 4.74 Å². The average molecular weight is 431 g/mol. The molecule has 1 nitrogen and oxygen atoms in total. The minimum Gasteiger partial charge on any atom is -0.453 e. The van der Waals surface area contributed by atoms with Gasteiger partial charge in [0, 0.05) is 0 Å². The second-order valence-corrected chi connectivity index (χ2v) is 10.9. The highest BCUT2D eigenvalue weighted by Crippen LogP contribution is 2.56. The van der Waals surface area contributed by atoms with Crippen LogP contribution in [0.15, 0.2) is 146 Å². The van der Waals surface area contributed by atoms with Crippen molar-refractivity contribution in [3.63, 3.8) is 0 Å². The lowest BCUT2D eigenvalue weighted by Crippen LogP contribution is -2.39. The fourth-order valence-corrected chi connectivity index (χ4v) is 8.60. The maximum atomic E-state index is 6.51. The zero-order valence-electron chi connectivity index (χ0n) is 17.7. The van der Waals surface area contributed by atoms with Crippen molar-refractivity contribution < 1.29 is 4.74 Å². The molecule has 32 heavy (non-hydrogen) atoms. The third kappa shape index (κ3) is 3.73. The Balaban J connectivity index is 1.84. The Labute approximate surface area is 190 Å². The van der Waals surface area contributed by atoms with Crippen molar-refractivity contribution in [2.75, 3.05) is 0 Å². The van der Waals surface area contributed by atoms with E-state index in [0.717, 1.165) is 11.5 Å². The van der Waals surface area contributed by atoms with Gasteiger partial charge in [0.05, 0.1) is 0 Å². The molecule has 0 fully saturated rings. The summed E-state index contributed by atoms with van der Waals surface area (Å²) in [7, 11) is -2.21. The molecule has 0 aromatic heterocycles. The van der Waals surface area contributed by atoms with Gasteiger partial charge in [-0.25, -0.2) is 0 Å². The molecule has 5 aromatic carbocycles. The fraction of sp³-hybridized carbons (Fsp3) is 0. The molecule has 0 N–H and O–H groups in total. The summed E-state index contributed by atoms with van der Waals surface area (Å²) >= 11 is 0. The van der Waals surface area contributed by atoms with Crippen LogP contribution in [0, 0.1) is 0 Å². The number of benzene rings is 5. The maximum absolute atomic E-state index is 6.51. The lowest BCUT2D eigenvalue weighted by Gasteiger charge is -2.28. The molecule has 0 radical (unpaired) electrons. The Kier molecular flexibility index (Phi) is 5.83. The highest BCUT2D eigenvalue weighted by Gasteiger charge is 2.49. The van der Waals surface area contributed by atoms with Gasteiger partial charge < -0.3 is 4.74 Å². The summed E-state index contributed by atoms with van der Waals surface area (Å²) in [5.74, 6) is 1.73. The summed E-state index contributed by atoms with van der Waals surface area (Å²) in [6.45, 7) is 0. The fourth-order valence-electron chi connectivity index (χ4n) is 4.26. The van der Waals surface area contributed by atoms with Crippen LogP contribution >= 0.6 is 7.26 Å². The normalized spacial score (nSPS) is 11.1. The van der Waals surface area contributed by atoms with Crippen LogP contribution in [0.25, 0.3) is 0 Å². The zero-order chi connectivity index (χ0) is 21.6. The van der Waals surface area contributed by atoms with Crippen molar-refractivity contribution >= 4 is 28.5 Å². The molecule has 0 unspecified atom stereocenters. The number of hydrogen-bond acceptors (Lipinski definition) is 1. The second kappa shape index (κ2) is 9.22. The Morgan fingerprint density at radius 2 is 0.750 bits per heavy atom. The highest BCUT2D eigenvalue weighted by atomic mass is 31.2. The number of hydrogen-bond donors (Lipinski definition) is 0. The molecule has 154 valence electrons. The topological polar surface area (TPSA) is 9.23 Å². The Hall–Kier alpha value is -3.67. The molecule has 0 aliphatic rings. The Morgan fingerprint density at radius 1 is 0.375 bits per heavy atom. The van der Waals surface area contributed by atoms with Crippen LogP contribution in [0.2, 0.25) is 0 Å². The van der Waals surface area contributed by atoms with Gasteiger partial charge in [0.15, 0.2) is 11.1 Å². The predicted molar refractivity (Wildman–Crippen MR) is 138 cm³/mol. The molecule has 2 heteroatoms. The van der Waals surface area contributed by atoms with Crippen LogP contribution in [-0.4, -0.2) is 0 Å². The largest absolute Gasteiger partial charge is 0.453 e. The number of ether oxygens (including phenoxy) is 1. The summed E-state index contributed by atoms with van der Waals surface area (Å²) in [5.41, 5.74) is 0. The molecular weight excluding hydrogens is 407 g/mol. The minimum atomic E-state index is -2.21. The summed E-state index contributed by atoms with van der Waals surface area (Å²) in [6.07, 6.45) is 0. The van der Waals surface area contributed by atoms with E-state index < -0.39 is 7.26 Å². The van der Waals surface area contributed by atoms with E-state index in [1.165, 1.54) is 21.2 Å². The van der Waals surface area contributed by atoms with Crippen molar-refractivity contribution in [3.8, 4) is 11.5 Å². The van der Waals surface area contributed by atoms with Gasteiger partial charge in [-0.3, -0.25) is 0 Å². The molecule has 0 bridgehead atoms. The molecule has 0 atom stereocenters. The van der Waals surface area contributed by atoms with Crippen molar-refractivity contribution in [3.05, 3.63) is 146 Å². The SMILES string of the molecule is c1ccc(Oc2ccccc2[P+](c2ccccc2)(c2ccccc2)c2ccccc2)cc1. The van der Waals surface area contributed by atoms with E-state index in [2.05, 4.69) is 115 Å². The van der Waals surface area contributed by atoms with Gasteiger partial charge in [-0.2, -0.15) is 0 Å². The molecule has 0 aliphatic heterocycles. The summed E-state index contributed by atoms with van der Waals surface area (Å²) in [6, 6.07) is 51.1. The minimum absolute atomic E-state index is 0.840. The Morgan fingerprint density at radius 3 is 1.22 bits per heavy atom. The zero-order valence-corrected chi connectivity index (χ0v) is 18.6. The van der Waals surface area contributed by atoms with Crippen molar-refractivity contribution in [2.24, 2.45) is 0 Å². The third-order valence-electron chi connectivity index (χ3n) is 5.63. The standard InChI is InChI=1S/C30H24OP/c1-5-15-25(16-6-1)31-29-23-13-14-24-30(29)32(26-17-7-2-8-18-26,27-19-9-3-10-20-27)28-21-11-4-12-22-28/h1-24H/q+1. The summed E-state index contributed by atoms with van der Waals surface area (Å²) < 4.78 is 6.51. The van der Waals surface area contributed by atoms with Crippen LogP contribution < -0.4 is 26.0 Å². The first-order valence-corrected chi connectivity index (χ1v) is 12.6. The van der Waals surface area contributed by atoms with Gasteiger partial charge in [0.2, 0.25) is 0 Å². The van der Waals surface area contributed by atoms with Crippen LogP contribution in [0.4, 0.5) is 0 Å². The van der Waals surface area contributed by atoms with E-state index in [-0.39, 0.29) is 0 Å². The molecular formula is C30H24OP+. The summed E-state index contributed by atoms with van der Waals surface area (Å²) in [4.78, 5) is 0. The molecule has 0 saturated carbocycles. The molecule has 0 heterocycles. The summed E-state index contributed by atoms with van der Waals surface area (Å²) in [5, 5.41) is 5.14. The monoisotopic (exact) mass is 431 g/mol. The second-order valence-electron chi connectivity index (χ2n) is 7.56. The highest BCUT2D eigenvalue weighted by molar-refractivity contribution is 8.01. The molecule has 5 aromatic rings. The van der Waals surface area contributed by atoms with Crippen LogP contribution in [0.5, 0.6) is 11.5 Å². The first kappa shape index (κ1) is 20.2. The van der Waals surface area contributed by atoms with E-state index >= 15 is 0 Å². The Bertz CT molecular complexity index is 1170. The first-order valence-electron chi connectivity index (χ1n) is 10.8. The lowest BCUT2D eigenvalue weighted by molar-refractivity contribution is 0.486. The quantitative estimate of drug-likeness (QED) is 0.295. The van der Waals surface area contributed by atoms with E-state index in [1.807, 2.05) is 30.3 Å². The molecule has 5 rings (SSSR count). The van der Waals surface area contributed by atoms with Gasteiger partial charge in [-0.05, 0) is 60.7 Å². The van der Waals surface area contributed by atoms with Gasteiger partial charge in [0.1, 0.15) is 28.9 Å². The van der Waals surface area contributed by atoms with Crippen LogP contribution in [0.1, 0.15) is 0 Å². The van der Waals surface area contributed by atoms with Gasteiger partial charge in [0.25, 0.3) is 0 Å². The van der Waals surface area contributed by atoms with Gasteiger partial charge in [-0.15, -0.1) is 0 Å².